The van der Waals surface area contributed by atoms with Crippen molar-refractivity contribution in [3.8, 4) is 0 Å². The average molecular weight is 247 g/mol. The second-order valence-corrected chi connectivity index (χ2v) is 3.36. The highest BCUT2D eigenvalue weighted by atomic mass is 16.4. The van der Waals surface area contributed by atoms with Crippen molar-refractivity contribution in [1.29, 1.82) is 0 Å². The Kier molecular flexibility index (Phi) is 7.44. The summed E-state index contributed by atoms with van der Waals surface area (Å²) >= 11 is 0. The van der Waals surface area contributed by atoms with Gasteiger partial charge in [0.1, 0.15) is 0 Å². The van der Waals surface area contributed by atoms with Crippen molar-refractivity contribution in [3.05, 3.63) is 0 Å². The number of carboxylic acids is 2. The molecule has 17 heavy (non-hydrogen) atoms. The minimum Gasteiger partial charge on any atom is -0.481 e. The molecule has 0 bridgehead atoms. The van der Waals surface area contributed by atoms with Gasteiger partial charge >= 0.3 is 18.0 Å². The molecule has 1 fully saturated rings. The molecule has 0 atom stereocenters. The molecule has 5 N–H and O–H groups in total. The number of nitrogens with zero attached hydrogens (tertiary/aromatic N) is 1. The highest BCUT2D eigenvalue weighted by Crippen LogP contribution is 1.89. The lowest BCUT2D eigenvalue weighted by atomic mass is 10.3. The zero-order chi connectivity index (χ0) is 13.3. The number of carbonyl (C=O) groups excluding carboxylic acids is 1. The zero-order valence-electron chi connectivity index (χ0n) is 9.39. The number of hydrogen-bond donors (Lipinski definition) is 4. The van der Waals surface area contributed by atoms with Crippen LogP contribution in [0.5, 0.6) is 0 Å². The number of primary amides is 1. The number of nitrogens with two attached hydrogens (primary N) is 1. The summed E-state index contributed by atoms with van der Waals surface area (Å²) in [6, 6.07) is -0.309. The Morgan fingerprint density at radius 2 is 1.47 bits per heavy atom. The maximum absolute atomic E-state index is 10.5. The molecule has 0 aromatic carbocycles. The highest BCUT2D eigenvalue weighted by Gasteiger charge is 2.11. The van der Waals surface area contributed by atoms with Gasteiger partial charge in [-0.15, -0.1) is 0 Å². The maximum Gasteiger partial charge on any atom is 0.314 e. The summed E-state index contributed by atoms with van der Waals surface area (Å²) in [7, 11) is 0. The molecule has 1 saturated heterocycles. The van der Waals surface area contributed by atoms with Gasteiger partial charge in [0.15, 0.2) is 0 Å². The predicted molar refractivity (Wildman–Crippen MR) is 58.5 cm³/mol. The molecular weight excluding hydrogens is 230 g/mol. The van der Waals surface area contributed by atoms with Crippen molar-refractivity contribution < 1.29 is 24.6 Å². The van der Waals surface area contributed by atoms with Crippen LogP contribution in [0.1, 0.15) is 12.8 Å². The fourth-order valence-electron chi connectivity index (χ4n) is 1.10. The van der Waals surface area contributed by atoms with Crippen LogP contribution in [0.3, 0.4) is 0 Å². The normalized spacial score (nSPS) is 14.5. The lowest BCUT2D eigenvalue weighted by Gasteiger charge is -2.25. The highest BCUT2D eigenvalue weighted by molar-refractivity contribution is 5.75. The molecule has 0 unspecified atom stereocenters. The molecule has 98 valence electrons. The molecule has 0 aromatic heterocycles. The molecule has 8 nitrogen and oxygen atoms in total. The fraction of sp³-hybridized carbons (Fsp3) is 0.667. The van der Waals surface area contributed by atoms with Crippen molar-refractivity contribution in [1.82, 2.24) is 10.2 Å². The largest absolute Gasteiger partial charge is 0.481 e. The first kappa shape index (κ1) is 15.2. The van der Waals surface area contributed by atoms with E-state index in [1.54, 1.807) is 4.90 Å². The van der Waals surface area contributed by atoms with Gasteiger partial charge in [0.05, 0.1) is 12.8 Å². The number of piperazine rings is 1. The first-order valence-electron chi connectivity index (χ1n) is 5.12. The van der Waals surface area contributed by atoms with Crippen LogP contribution >= 0.6 is 0 Å². The first-order chi connectivity index (χ1) is 7.93. The minimum atomic E-state index is -1.08. The Morgan fingerprint density at radius 1 is 1.06 bits per heavy atom. The van der Waals surface area contributed by atoms with Gasteiger partial charge in [-0.05, 0) is 0 Å². The molecule has 1 aliphatic heterocycles. The molecule has 0 aromatic rings. The lowest BCUT2D eigenvalue weighted by Crippen LogP contribution is -2.48. The van der Waals surface area contributed by atoms with E-state index >= 15 is 0 Å². The molecule has 1 rings (SSSR count). The number of nitrogens with one attached hydrogen (secondary N) is 1. The first-order valence-corrected chi connectivity index (χ1v) is 5.12. The topological polar surface area (TPSA) is 133 Å². The van der Waals surface area contributed by atoms with Crippen LogP contribution in [-0.4, -0.2) is 59.3 Å². The molecule has 0 radical (unpaired) electrons. The monoisotopic (exact) mass is 247 g/mol. The van der Waals surface area contributed by atoms with Gasteiger partial charge < -0.3 is 26.2 Å². The quantitative estimate of drug-likeness (QED) is 0.500. The van der Waals surface area contributed by atoms with Crippen LogP contribution in [0.25, 0.3) is 0 Å². The van der Waals surface area contributed by atoms with Gasteiger partial charge in [-0.1, -0.05) is 0 Å². The van der Waals surface area contributed by atoms with Crippen molar-refractivity contribution in [2.75, 3.05) is 26.2 Å². The van der Waals surface area contributed by atoms with E-state index < -0.39 is 11.9 Å². The summed E-state index contributed by atoms with van der Waals surface area (Å²) < 4.78 is 0. The Labute approximate surface area is 98.4 Å². The molecule has 1 aliphatic rings. The Hall–Kier alpha value is -1.83. The van der Waals surface area contributed by atoms with Gasteiger partial charge in [-0.25, -0.2) is 4.79 Å². The molecule has 8 heteroatoms. The third-order valence-corrected chi connectivity index (χ3v) is 1.98. The molecule has 0 spiro atoms. The predicted octanol–water partition coefficient (Wildman–Crippen LogP) is -1.09. The van der Waals surface area contributed by atoms with Crippen LogP contribution < -0.4 is 11.1 Å². The molecule has 0 aliphatic carbocycles. The molecule has 1 heterocycles. The second kappa shape index (κ2) is 8.34. The number of carboxylic acid groups (broad SMARTS) is 2. The number of aliphatic carboxylic acids is 2. The van der Waals surface area contributed by atoms with E-state index in [-0.39, 0.29) is 18.9 Å². The van der Waals surface area contributed by atoms with E-state index in [1.165, 1.54) is 0 Å². The second-order valence-electron chi connectivity index (χ2n) is 3.36. The van der Waals surface area contributed by atoms with E-state index in [4.69, 9.17) is 15.9 Å². The lowest BCUT2D eigenvalue weighted by molar-refractivity contribution is -0.143. The smallest absolute Gasteiger partial charge is 0.314 e. The van der Waals surface area contributed by atoms with Gasteiger partial charge in [-0.3, -0.25) is 9.59 Å². The standard InChI is InChI=1S/C5H11N3O.C4H6O4/c6-5(9)8-3-1-7-2-4-8;5-3(6)1-2-4(7)8/h7H,1-4H2,(H2,6,9);1-2H2,(H,5,6)(H,7,8). The molecule has 2 amide bonds. The Bertz CT molecular complexity index is 262. The van der Waals surface area contributed by atoms with Gasteiger partial charge in [-0.2, -0.15) is 0 Å². The summed E-state index contributed by atoms with van der Waals surface area (Å²) in [5, 5.41) is 18.9. The van der Waals surface area contributed by atoms with Gasteiger partial charge in [0, 0.05) is 26.2 Å². The van der Waals surface area contributed by atoms with Crippen molar-refractivity contribution in [2.24, 2.45) is 5.73 Å². The summed E-state index contributed by atoms with van der Waals surface area (Å²) in [5.74, 6) is -2.15. The van der Waals surface area contributed by atoms with Crippen LogP contribution in [-0.2, 0) is 9.59 Å². The maximum atomic E-state index is 10.5. The number of urea groups is 1. The third-order valence-electron chi connectivity index (χ3n) is 1.98. The Morgan fingerprint density at radius 3 is 1.71 bits per heavy atom. The number of hydrogen-bond acceptors (Lipinski definition) is 4. The van der Waals surface area contributed by atoms with E-state index in [2.05, 4.69) is 5.32 Å². The van der Waals surface area contributed by atoms with Crippen molar-refractivity contribution in [2.45, 2.75) is 12.8 Å². The Balaban J connectivity index is 0.000000304. The molecule has 0 saturated carbocycles. The van der Waals surface area contributed by atoms with Gasteiger partial charge in [0.25, 0.3) is 0 Å². The third kappa shape index (κ3) is 9.12. The van der Waals surface area contributed by atoms with Crippen LogP contribution in [0, 0.1) is 0 Å². The number of rotatable bonds is 3. The van der Waals surface area contributed by atoms with E-state index in [0.29, 0.717) is 0 Å². The van der Waals surface area contributed by atoms with Crippen LogP contribution in [0.2, 0.25) is 0 Å². The zero-order valence-corrected chi connectivity index (χ0v) is 9.39. The molecular formula is C9H17N3O5. The summed E-state index contributed by atoms with van der Waals surface area (Å²) in [5.41, 5.74) is 5.03. The van der Waals surface area contributed by atoms with Crippen LogP contribution in [0.4, 0.5) is 4.79 Å². The SMILES string of the molecule is NC(=O)N1CCNCC1.O=C(O)CCC(=O)O. The fourth-order valence-corrected chi connectivity index (χ4v) is 1.10. The summed E-state index contributed by atoms with van der Waals surface area (Å²) in [4.78, 5) is 31.4. The number of amides is 2. The summed E-state index contributed by atoms with van der Waals surface area (Å²) in [6.07, 6.45) is -0.593. The number of carbonyl (C=O) groups is 3. The average Bonchev–Trinajstić information content (AvgIpc) is 2.28. The summed E-state index contributed by atoms with van der Waals surface area (Å²) in [6.45, 7) is 3.22. The van der Waals surface area contributed by atoms with E-state index in [0.717, 1.165) is 26.2 Å². The van der Waals surface area contributed by atoms with E-state index in [9.17, 15) is 14.4 Å². The van der Waals surface area contributed by atoms with Crippen LogP contribution in [0.15, 0.2) is 0 Å². The van der Waals surface area contributed by atoms with Gasteiger partial charge in [0.2, 0.25) is 0 Å². The van der Waals surface area contributed by atoms with E-state index in [1.807, 2.05) is 0 Å². The minimum absolute atomic E-state index is 0.296. The van der Waals surface area contributed by atoms with Crippen molar-refractivity contribution >= 4 is 18.0 Å². The van der Waals surface area contributed by atoms with Crippen molar-refractivity contribution in [3.63, 3.8) is 0 Å².